The highest BCUT2D eigenvalue weighted by molar-refractivity contribution is 6.16. The fraction of sp³-hybridized carbons (Fsp3) is 0.364. The van der Waals surface area contributed by atoms with Crippen LogP contribution in [0.5, 0.6) is 0 Å². The van der Waals surface area contributed by atoms with E-state index < -0.39 is 0 Å². The average molecular weight is 237 g/mol. The number of hydrogen-bond acceptors (Lipinski definition) is 3. The fourth-order valence-corrected chi connectivity index (χ4v) is 1.74. The molecule has 2 aromatic rings. The van der Waals surface area contributed by atoms with E-state index in [0.717, 1.165) is 17.1 Å². The lowest BCUT2D eigenvalue weighted by Crippen LogP contribution is -2.06. The lowest BCUT2D eigenvalue weighted by atomic mass is 10.3. The second-order valence-corrected chi connectivity index (χ2v) is 4.05. The van der Waals surface area contributed by atoms with Crippen molar-refractivity contribution in [1.29, 1.82) is 0 Å². The Balaban J connectivity index is 2.44. The molecule has 0 saturated carbocycles. The quantitative estimate of drug-likeness (QED) is 0.770. The van der Waals surface area contributed by atoms with Gasteiger partial charge in [-0.1, -0.05) is 0 Å². The number of hydrogen-bond donors (Lipinski definition) is 0. The van der Waals surface area contributed by atoms with Gasteiger partial charge in [-0.2, -0.15) is 5.10 Å². The molecule has 0 spiro atoms. The molecule has 0 aromatic carbocycles. The largest absolute Gasteiger partial charge is 0.265 e. The smallest absolute Gasteiger partial charge is 0.113 e. The van der Waals surface area contributed by atoms with E-state index in [0.29, 0.717) is 11.9 Å². The van der Waals surface area contributed by atoms with Gasteiger partial charge in [0.1, 0.15) is 11.4 Å². The molecular weight excluding hydrogens is 224 g/mol. The summed E-state index contributed by atoms with van der Waals surface area (Å²) in [4.78, 5) is 8.24. The Bertz CT molecular complexity index is 464. The van der Waals surface area contributed by atoms with Gasteiger partial charge in [0, 0.05) is 18.4 Å². The molecule has 0 atom stereocenters. The molecule has 0 radical (unpaired) electrons. The van der Waals surface area contributed by atoms with Gasteiger partial charge in [-0.25, -0.2) is 0 Å². The van der Waals surface area contributed by atoms with Crippen LogP contribution >= 0.6 is 11.6 Å². The first kappa shape index (κ1) is 11.1. The van der Waals surface area contributed by atoms with E-state index in [9.17, 15) is 0 Å². The summed E-state index contributed by atoms with van der Waals surface area (Å²) in [6, 6.07) is 2.25. The molecule has 0 saturated heterocycles. The summed E-state index contributed by atoms with van der Waals surface area (Å²) >= 11 is 5.88. The zero-order chi connectivity index (χ0) is 11.5. The minimum atomic E-state index is 0.291. The SMILES string of the molecule is CC(C)n1nc(-c2cnccn2)cc1CCl. The van der Waals surface area contributed by atoms with Crippen LogP contribution < -0.4 is 0 Å². The zero-order valence-electron chi connectivity index (χ0n) is 9.26. The van der Waals surface area contributed by atoms with Crippen molar-refractivity contribution in [3.05, 3.63) is 30.4 Å². The summed E-state index contributed by atoms with van der Waals surface area (Å²) in [6.45, 7) is 4.15. The van der Waals surface area contributed by atoms with Crippen LogP contribution in [0.1, 0.15) is 25.6 Å². The van der Waals surface area contributed by atoms with E-state index in [2.05, 4.69) is 28.9 Å². The molecule has 0 unspecified atom stereocenters. The van der Waals surface area contributed by atoms with E-state index in [4.69, 9.17) is 11.6 Å². The summed E-state index contributed by atoms with van der Waals surface area (Å²) in [7, 11) is 0. The molecule has 2 aromatic heterocycles. The van der Waals surface area contributed by atoms with Crippen molar-refractivity contribution >= 4 is 11.6 Å². The van der Waals surface area contributed by atoms with Crippen LogP contribution in [0.15, 0.2) is 24.7 Å². The van der Waals surface area contributed by atoms with Crippen LogP contribution in [0, 0.1) is 0 Å². The third kappa shape index (κ3) is 2.07. The fourth-order valence-electron chi connectivity index (χ4n) is 1.54. The molecule has 2 heterocycles. The highest BCUT2D eigenvalue weighted by Gasteiger charge is 2.11. The average Bonchev–Trinajstić information content (AvgIpc) is 2.74. The van der Waals surface area contributed by atoms with Crippen molar-refractivity contribution in [3.63, 3.8) is 0 Å². The molecule has 0 amide bonds. The number of rotatable bonds is 3. The molecule has 0 aliphatic carbocycles. The second-order valence-electron chi connectivity index (χ2n) is 3.78. The highest BCUT2D eigenvalue weighted by Crippen LogP contribution is 2.19. The third-order valence-electron chi connectivity index (χ3n) is 2.26. The Morgan fingerprint density at radius 3 is 2.62 bits per heavy atom. The van der Waals surface area contributed by atoms with Crippen molar-refractivity contribution < 1.29 is 0 Å². The summed E-state index contributed by atoms with van der Waals surface area (Å²) in [5, 5.41) is 4.48. The molecule has 16 heavy (non-hydrogen) atoms. The van der Waals surface area contributed by atoms with Gasteiger partial charge in [-0.15, -0.1) is 11.6 Å². The van der Waals surface area contributed by atoms with Crippen molar-refractivity contribution in [2.45, 2.75) is 25.8 Å². The van der Waals surface area contributed by atoms with Gasteiger partial charge in [0.25, 0.3) is 0 Å². The van der Waals surface area contributed by atoms with Crippen molar-refractivity contribution in [2.75, 3.05) is 0 Å². The van der Waals surface area contributed by atoms with E-state index >= 15 is 0 Å². The normalized spacial score (nSPS) is 11.0. The Morgan fingerprint density at radius 1 is 1.31 bits per heavy atom. The predicted octanol–water partition coefficient (Wildman–Crippen LogP) is 2.66. The van der Waals surface area contributed by atoms with Crippen LogP contribution in [0.4, 0.5) is 0 Å². The van der Waals surface area contributed by atoms with Gasteiger partial charge < -0.3 is 0 Å². The first-order chi connectivity index (χ1) is 7.72. The summed E-state index contributed by atoms with van der Waals surface area (Å²) in [5.74, 6) is 0.450. The topological polar surface area (TPSA) is 43.6 Å². The molecule has 0 fully saturated rings. The molecular formula is C11H13ClN4. The number of alkyl halides is 1. The third-order valence-corrected chi connectivity index (χ3v) is 2.54. The maximum atomic E-state index is 5.88. The van der Waals surface area contributed by atoms with Gasteiger partial charge in [-0.05, 0) is 19.9 Å². The molecule has 0 N–H and O–H groups in total. The van der Waals surface area contributed by atoms with Gasteiger partial charge in [-0.3, -0.25) is 14.6 Å². The molecule has 0 aliphatic heterocycles. The monoisotopic (exact) mass is 236 g/mol. The van der Waals surface area contributed by atoms with Crippen LogP contribution in [-0.4, -0.2) is 19.7 Å². The van der Waals surface area contributed by atoms with Crippen LogP contribution in [0.3, 0.4) is 0 Å². The standard InChI is InChI=1S/C11H13ClN4/c1-8(2)16-9(6-12)5-10(15-16)11-7-13-3-4-14-11/h3-5,7-8H,6H2,1-2H3. The Morgan fingerprint density at radius 2 is 2.12 bits per heavy atom. The summed E-state index contributed by atoms with van der Waals surface area (Å²) < 4.78 is 1.91. The lowest BCUT2D eigenvalue weighted by molar-refractivity contribution is 0.518. The number of nitrogens with zero attached hydrogens (tertiary/aromatic N) is 4. The predicted molar refractivity (Wildman–Crippen MR) is 63.2 cm³/mol. The molecule has 2 rings (SSSR count). The van der Waals surface area contributed by atoms with Gasteiger partial charge in [0.15, 0.2) is 0 Å². The first-order valence-electron chi connectivity index (χ1n) is 5.13. The van der Waals surface area contributed by atoms with E-state index in [-0.39, 0.29) is 0 Å². The van der Waals surface area contributed by atoms with Gasteiger partial charge in [0.2, 0.25) is 0 Å². The second kappa shape index (κ2) is 4.61. The molecule has 84 valence electrons. The lowest BCUT2D eigenvalue weighted by Gasteiger charge is -2.08. The molecule has 0 bridgehead atoms. The van der Waals surface area contributed by atoms with E-state index in [1.807, 2.05) is 10.7 Å². The molecule has 5 heteroatoms. The van der Waals surface area contributed by atoms with E-state index in [1.165, 1.54) is 0 Å². The zero-order valence-corrected chi connectivity index (χ0v) is 10.0. The molecule has 0 aliphatic rings. The van der Waals surface area contributed by atoms with Crippen LogP contribution in [0.25, 0.3) is 11.4 Å². The summed E-state index contributed by atoms with van der Waals surface area (Å²) in [6.07, 6.45) is 5.00. The van der Waals surface area contributed by atoms with Crippen molar-refractivity contribution in [2.24, 2.45) is 0 Å². The van der Waals surface area contributed by atoms with E-state index in [1.54, 1.807) is 18.6 Å². The number of aromatic nitrogens is 4. The van der Waals surface area contributed by atoms with Crippen LogP contribution in [-0.2, 0) is 5.88 Å². The Hall–Kier alpha value is -1.42. The van der Waals surface area contributed by atoms with Crippen molar-refractivity contribution in [1.82, 2.24) is 19.7 Å². The Kier molecular flexibility index (Phi) is 3.19. The van der Waals surface area contributed by atoms with Crippen molar-refractivity contribution in [3.8, 4) is 11.4 Å². The minimum absolute atomic E-state index is 0.291. The Labute approximate surface area is 99.3 Å². The number of halogens is 1. The summed E-state index contributed by atoms with van der Waals surface area (Å²) in [5.41, 5.74) is 2.59. The van der Waals surface area contributed by atoms with Gasteiger partial charge in [0.05, 0.1) is 17.8 Å². The van der Waals surface area contributed by atoms with Crippen LogP contribution in [0.2, 0.25) is 0 Å². The maximum Gasteiger partial charge on any atom is 0.113 e. The first-order valence-corrected chi connectivity index (χ1v) is 5.66. The minimum Gasteiger partial charge on any atom is -0.265 e. The highest BCUT2D eigenvalue weighted by atomic mass is 35.5. The van der Waals surface area contributed by atoms with Gasteiger partial charge >= 0.3 is 0 Å². The maximum absolute atomic E-state index is 5.88. The molecule has 4 nitrogen and oxygen atoms in total.